The third kappa shape index (κ3) is 5.84. The molecule has 0 radical (unpaired) electrons. The fourth-order valence-electron chi connectivity index (χ4n) is 3.49. The van der Waals surface area contributed by atoms with E-state index in [4.69, 9.17) is 9.47 Å². The van der Waals surface area contributed by atoms with E-state index in [-0.39, 0.29) is 24.3 Å². The number of thioether (sulfide) groups is 1. The zero-order valence-electron chi connectivity index (χ0n) is 18.6. The van der Waals surface area contributed by atoms with E-state index in [1.807, 2.05) is 80.6 Å². The van der Waals surface area contributed by atoms with E-state index >= 15 is 0 Å². The lowest BCUT2D eigenvalue weighted by Crippen LogP contribution is -2.32. The van der Waals surface area contributed by atoms with Crippen molar-refractivity contribution in [2.75, 3.05) is 13.2 Å². The maximum absolute atomic E-state index is 12.9. The molecule has 168 valence electrons. The molecule has 4 rings (SSSR count). The average molecular weight is 460 g/mol. The number of hydrogen-bond acceptors (Lipinski definition) is 5. The first kappa shape index (κ1) is 22.7. The zero-order valence-corrected chi connectivity index (χ0v) is 19.4. The van der Waals surface area contributed by atoms with Crippen molar-refractivity contribution in [1.82, 2.24) is 4.90 Å². The van der Waals surface area contributed by atoms with Crippen LogP contribution in [0.5, 0.6) is 11.5 Å². The molecule has 1 saturated heterocycles. The van der Waals surface area contributed by atoms with Crippen LogP contribution in [-0.2, 0) is 11.4 Å². The SMILES string of the molecule is Cc1cccc(COc2ccccc2/C=C2\SC(=O)N(CCOc3cccc(C)c3)C2=O)c1. The second-order valence-electron chi connectivity index (χ2n) is 7.81. The lowest BCUT2D eigenvalue weighted by Gasteiger charge is -2.13. The average Bonchev–Trinajstić information content (AvgIpc) is 3.06. The second-order valence-corrected chi connectivity index (χ2v) is 8.81. The third-order valence-corrected chi connectivity index (χ3v) is 6.04. The Morgan fingerprint density at radius 3 is 2.42 bits per heavy atom. The maximum atomic E-state index is 12.9. The Kier molecular flexibility index (Phi) is 7.15. The van der Waals surface area contributed by atoms with Gasteiger partial charge >= 0.3 is 0 Å². The Bertz CT molecular complexity index is 1200. The number of carbonyl (C=O) groups is 2. The molecular formula is C27H25NO4S. The maximum Gasteiger partial charge on any atom is 0.293 e. The highest BCUT2D eigenvalue weighted by Crippen LogP contribution is 2.34. The zero-order chi connectivity index (χ0) is 23.2. The molecule has 3 aromatic carbocycles. The molecule has 0 aromatic heterocycles. The van der Waals surface area contributed by atoms with Crippen LogP contribution in [0.15, 0.2) is 77.7 Å². The summed E-state index contributed by atoms with van der Waals surface area (Å²) in [7, 11) is 0. The summed E-state index contributed by atoms with van der Waals surface area (Å²) in [5.41, 5.74) is 4.08. The molecule has 33 heavy (non-hydrogen) atoms. The number of carbonyl (C=O) groups excluding carboxylic acids is 2. The Labute approximate surface area is 198 Å². The number of nitrogens with zero attached hydrogens (tertiary/aromatic N) is 1. The largest absolute Gasteiger partial charge is 0.492 e. The first-order valence-corrected chi connectivity index (χ1v) is 11.5. The number of hydrogen-bond donors (Lipinski definition) is 0. The molecule has 0 unspecified atom stereocenters. The number of para-hydroxylation sites is 1. The standard InChI is InChI=1S/C27H25NO4S/c1-19-7-5-9-21(15-19)18-32-24-12-4-3-10-22(24)17-25-26(29)28(27(30)33-25)13-14-31-23-11-6-8-20(2)16-23/h3-12,15-17H,13-14,18H2,1-2H3/b25-17-. The normalized spacial score (nSPS) is 14.7. The van der Waals surface area contributed by atoms with Crippen LogP contribution < -0.4 is 9.47 Å². The van der Waals surface area contributed by atoms with Crippen molar-refractivity contribution in [1.29, 1.82) is 0 Å². The van der Waals surface area contributed by atoms with Gasteiger partial charge in [-0.05, 0) is 61.0 Å². The van der Waals surface area contributed by atoms with Crippen LogP contribution in [0.3, 0.4) is 0 Å². The summed E-state index contributed by atoms with van der Waals surface area (Å²) in [6.45, 7) is 4.88. The minimum atomic E-state index is -0.314. The predicted molar refractivity (Wildman–Crippen MR) is 131 cm³/mol. The lowest BCUT2D eigenvalue weighted by molar-refractivity contribution is -0.123. The van der Waals surface area contributed by atoms with Crippen molar-refractivity contribution >= 4 is 29.0 Å². The topological polar surface area (TPSA) is 55.8 Å². The molecule has 1 heterocycles. The highest BCUT2D eigenvalue weighted by molar-refractivity contribution is 8.18. The van der Waals surface area contributed by atoms with Gasteiger partial charge in [-0.15, -0.1) is 0 Å². The first-order chi connectivity index (χ1) is 16.0. The highest BCUT2D eigenvalue weighted by atomic mass is 32.2. The Morgan fingerprint density at radius 1 is 0.879 bits per heavy atom. The van der Waals surface area contributed by atoms with Crippen molar-refractivity contribution in [3.05, 3.63) is 100.0 Å². The summed E-state index contributed by atoms with van der Waals surface area (Å²) in [5.74, 6) is 1.07. The molecule has 1 fully saturated rings. The molecule has 1 aliphatic heterocycles. The summed E-state index contributed by atoms with van der Waals surface area (Å²) in [5, 5.41) is -0.294. The molecule has 0 spiro atoms. The van der Waals surface area contributed by atoms with Gasteiger partial charge in [0, 0.05) is 5.56 Å². The highest BCUT2D eigenvalue weighted by Gasteiger charge is 2.35. The Hall–Kier alpha value is -3.51. The van der Waals surface area contributed by atoms with Crippen molar-refractivity contribution in [3.63, 3.8) is 0 Å². The minimum Gasteiger partial charge on any atom is -0.492 e. The first-order valence-electron chi connectivity index (χ1n) is 10.7. The van der Waals surface area contributed by atoms with Crippen molar-refractivity contribution in [3.8, 4) is 11.5 Å². The molecule has 2 amide bonds. The molecule has 1 aliphatic rings. The molecule has 5 nitrogen and oxygen atoms in total. The summed E-state index contributed by atoms with van der Waals surface area (Å²) in [6, 6.07) is 23.3. The molecule has 6 heteroatoms. The summed E-state index contributed by atoms with van der Waals surface area (Å²) >= 11 is 0.938. The van der Waals surface area contributed by atoms with Gasteiger partial charge in [-0.1, -0.05) is 60.2 Å². The van der Waals surface area contributed by atoms with Crippen LogP contribution in [-0.4, -0.2) is 29.2 Å². The predicted octanol–water partition coefficient (Wildman–Crippen LogP) is 6.00. The monoisotopic (exact) mass is 459 g/mol. The van der Waals surface area contributed by atoms with Gasteiger partial charge in [0.2, 0.25) is 0 Å². The Morgan fingerprint density at radius 2 is 1.64 bits per heavy atom. The van der Waals surface area contributed by atoms with E-state index in [0.29, 0.717) is 17.3 Å². The molecule has 3 aromatic rings. The van der Waals surface area contributed by atoms with Crippen molar-refractivity contribution < 1.29 is 19.1 Å². The number of imide groups is 1. The molecule has 0 aliphatic carbocycles. The van der Waals surface area contributed by atoms with Crippen LogP contribution in [0.1, 0.15) is 22.3 Å². The van der Waals surface area contributed by atoms with E-state index in [9.17, 15) is 9.59 Å². The number of rotatable bonds is 8. The van der Waals surface area contributed by atoms with Crippen LogP contribution in [0.4, 0.5) is 4.79 Å². The second kappa shape index (κ2) is 10.4. The van der Waals surface area contributed by atoms with Crippen LogP contribution in [0, 0.1) is 13.8 Å². The van der Waals surface area contributed by atoms with E-state index in [1.54, 1.807) is 6.08 Å². The van der Waals surface area contributed by atoms with E-state index in [1.165, 1.54) is 10.5 Å². The fourth-order valence-corrected chi connectivity index (χ4v) is 4.34. The Balaban J connectivity index is 1.41. The lowest BCUT2D eigenvalue weighted by atomic mass is 10.1. The van der Waals surface area contributed by atoms with Crippen LogP contribution in [0.2, 0.25) is 0 Å². The van der Waals surface area contributed by atoms with Gasteiger partial charge in [0.15, 0.2) is 0 Å². The molecular weight excluding hydrogens is 434 g/mol. The smallest absolute Gasteiger partial charge is 0.293 e. The third-order valence-electron chi connectivity index (χ3n) is 5.13. The minimum absolute atomic E-state index is 0.196. The van der Waals surface area contributed by atoms with Crippen LogP contribution >= 0.6 is 11.8 Å². The van der Waals surface area contributed by atoms with E-state index in [0.717, 1.165) is 34.2 Å². The summed E-state index contributed by atoms with van der Waals surface area (Å²) in [6.07, 6.45) is 1.72. The number of benzene rings is 3. The van der Waals surface area contributed by atoms with E-state index < -0.39 is 0 Å². The van der Waals surface area contributed by atoms with E-state index in [2.05, 4.69) is 6.07 Å². The van der Waals surface area contributed by atoms with Crippen molar-refractivity contribution in [2.45, 2.75) is 20.5 Å². The summed E-state index contributed by atoms with van der Waals surface area (Å²) < 4.78 is 11.7. The molecule has 0 atom stereocenters. The van der Waals surface area contributed by atoms with Gasteiger partial charge < -0.3 is 9.47 Å². The quantitative estimate of drug-likeness (QED) is 0.387. The van der Waals surface area contributed by atoms with Gasteiger partial charge in [-0.25, -0.2) is 0 Å². The van der Waals surface area contributed by atoms with Gasteiger partial charge in [0.05, 0.1) is 11.4 Å². The number of amides is 2. The number of ether oxygens (including phenoxy) is 2. The fraction of sp³-hybridized carbons (Fsp3) is 0.185. The molecule has 0 N–H and O–H groups in total. The van der Waals surface area contributed by atoms with Gasteiger partial charge in [0.1, 0.15) is 24.7 Å². The number of aryl methyl sites for hydroxylation is 2. The molecule has 0 saturated carbocycles. The van der Waals surface area contributed by atoms with Gasteiger partial charge in [-0.2, -0.15) is 0 Å². The van der Waals surface area contributed by atoms with Crippen LogP contribution in [0.25, 0.3) is 6.08 Å². The van der Waals surface area contributed by atoms with Gasteiger partial charge in [-0.3, -0.25) is 14.5 Å². The summed E-state index contributed by atoms with van der Waals surface area (Å²) in [4.78, 5) is 26.9. The van der Waals surface area contributed by atoms with Gasteiger partial charge in [0.25, 0.3) is 11.1 Å². The molecule has 0 bridgehead atoms. The van der Waals surface area contributed by atoms with Crippen molar-refractivity contribution in [2.24, 2.45) is 0 Å².